The average molecular weight is 235 g/mol. The third-order valence-electron chi connectivity index (χ3n) is 1.58. The van der Waals surface area contributed by atoms with E-state index in [1.165, 1.54) is 0 Å². The summed E-state index contributed by atoms with van der Waals surface area (Å²) in [7, 11) is 0. The number of hydrogen-bond acceptors (Lipinski definition) is 1. The number of amides is 2. The number of carbonyl (C=O) groups excluding carboxylic acids is 1. The van der Waals surface area contributed by atoms with Crippen LogP contribution in [-0.2, 0) is 0 Å². The van der Waals surface area contributed by atoms with Gasteiger partial charge in [-0.1, -0.05) is 11.6 Å². The van der Waals surface area contributed by atoms with Crippen molar-refractivity contribution in [2.24, 2.45) is 0 Å². The van der Waals surface area contributed by atoms with Gasteiger partial charge in [-0.2, -0.15) is 0 Å². The lowest BCUT2D eigenvalue weighted by atomic mass is 10.3. The highest BCUT2D eigenvalue weighted by atomic mass is 35.5. The van der Waals surface area contributed by atoms with Gasteiger partial charge in [-0.3, -0.25) is 0 Å². The van der Waals surface area contributed by atoms with Gasteiger partial charge in [0.25, 0.3) is 0 Å². The summed E-state index contributed by atoms with van der Waals surface area (Å²) in [5.41, 5.74) is -0.232. The van der Waals surface area contributed by atoms with Crippen LogP contribution in [0, 0.1) is 11.6 Å². The molecule has 0 aliphatic heterocycles. The third kappa shape index (κ3) is 3.06. The van der Waals surface area contributed by atoms with Gasteiger partial charge in [-0.15, -0.1) is 0 Å². The number of carbonyl (C=O) groups is 1. The molecule has 0 radical (unpaired) electrons. The van der Waals surface area contributed by atoms with E-state index in [1.807, 2.05) is 0 Å². The molecule has 0 heterocycles. The van der Waals surface area contributed by atoms with Gasteiger partial charge in [0.2, 0.25) is 0 Å². The van der Waals surface area contributed by atoms with Crippen LogP contribution >= 0.6 is 11.6 Å². The average Bonchev–Trinajstić information content (AvgIpc) is 2.11. The van der Waals surface area contributed by atoms with Crippen molar-refractivity contribution in [1.29, 1.82) is 0 Å². The van der Waals surface area contributed by atoms with Crippen LogP contribution in [0.15, 0.2) is 12.1 Å². The third-order valence-corrected chi connectivity index (χ3v) is 1.88. The number of halogens is 3. The lowest BCUT2D eigenvalue weighted by Gasteiger charge is -2.08. The highest BCUT2D eigenvalue weighted by molar-refractivity contribution is 6.33. The maximum absolute atomic E-state index is 13.1. The minimum Gasteiger partial charge on any atom is -0.338 e. The number of hydrogen-bond donors (Lipinski definition) is 2. The lowest BCUT2D eigenvalue weighted by molar-refractivity contribution is 0.252. The van der Waals surface area contributed by atoms with Crippen LogP contribution in [0.4, 0.5) is 19.3 Å². The summed E-state index contributed by atoms with van der Waals surface area (Å²) < 4.78 is 25.8. The summed E-state index contributed by atoms with van der Waals surface area (Å²) in [4.78, 5) is 11.1. The van der Waals surface area contributed by atoms with Crippen molar-refractivity contribution in [3.05, 3.63) is 28.8 Å². The van der Waals surface area contributed by atoms with Crippen LogP contribution in [-0.4, -0.2) is 12.6 Å². The molecule has 0 aliphatic rings. The van der Waals surface area contributed by atoms with Crippen LogP contribution in [0.1, 0.15) is 6.92 Å². The van der Waals surface area contributed by atoms with Crippen LogP contribution in [0.25, 0.3) is 0 Å². The van der Waals surface area contributed by atoms with Gasteiger partial charge in [0.15, 0.2) is 5.82 Å². The fraction of sp³-hybridized carbons (Fsp3) is 0.222. The monoisotopic (exact) mass is 234 g/mol. The van der Waals surface area contributed by atoms with Gasteiger partial charge in [0.1, 0.15) is 5.82 Å². The van der Waals surface area contributed by atoms with Crippen molar-refractivity contribution in [2.75, 3.05) is 11.9 Å². The topological polar surface area (TPSA) is 41.1 Å². The zero-order valence-electron chi connectivity index (χ0n) is 7.90. The van der Waals surface area contributed by atoms with E-state index in [4.69, 9.17) is 11.6 Å². The Bertz CT molecular complexity index is 361. The molecule has 0 aromatic heterocycles. The first-order valence-corrected chi connectivity index (χ1v) is 4.61. The van der Waals surface area contributed by atoms with E-state index >= 15 is 0 Å². The summed E-state index contributed by atoms with van der Waals surface area (Å²) in [6.07, 6.45) is 0. The van der Waals surface area contributed by atoms with Gasteiger partial charge >= 0.3 is 6.03 Å². The van der Waals surface area contributed by atoms with E-state index in [-0.39, 0.29) is 10.7 Å². The predicted molar refractivity (Wildman–Crippen MR) is 54.1 cm³/mol. The van der Waals surface area contributed by atoms with Crippen LogP contribution < -0.4 is 10.6 Å². The Morgan fingerprint density at radius 3 is 2.67 bits per heavy atom. The maximum atomic E-state index is 13.1. The Morgan fingerprint density at radius 1 is 1.47 bits per heavy atom. The van der Waals surface area contributed by atoms with Crippen molar-refractivity contribution in [3.8, 4) is 0 Å². The zero-order chi connectivity index (χ0) is 11.4. The van der Waals surface area contributed by atoms with Crippen LogP contribution in [0.5, 0.6) is 0 Å². The molecule has 1 aromatic carbocycles. The predicted octanol–water partition coefficient (Wildman–Crippen LogP) is 2.76. The van der Waals surface area contributed by atoms with E-state index in [2.05, 4.69) is 10.6 Å². The molecule has 0 saturated heterocycles. The molecule has 82 valence electrons. The molecule has 0 bridgehead atoms. The molecule has 0 aliphatic carbocycles. The molecule has 1 aromatic rings. The van der Waals surface area contributed by atoms with Gasteiger partial charge in [-0.05, 0) is 13.0 Å². The summed E-state index contributed by atoms with van der Waals surface area (Å²) in [5.74, 6) is -1.70. The molecule has 2 N–H and O–H groups in total. The minimum atomic E-state index is -0.911. The molecule has 3 nitrogen and oxygen atoms in total. The van der Waals surface area contributed by atoms with Crippen molar-refractivity contribution in [3.63, 3.8) is 0 Å². The summed E-state index contributed by atoms with van der Waals surface area (Å²) in [5, 5.41) is 4.40. The Kier molecular flexibility index (Phi) is 3.85. The van der Waals surface area contributed by atoms with Crippen LogP contribution in [0.2, 0.25) is 5.02 Å². The molecule has 1 rings (SSSR count). The van der Waals surface area contributed by atoms with Crippen molar-refractivity contribution in [1.82, 2.24) is 5.32 Å². The van der Waals surface area contributed by atoms with E-state index < -0.39 is 17.7 Å². The molecule has 15 heavy (non-hydrogen) atoms. The van der Waals surface area contributed by atoms with Crippen molar-refractivity contribution < 1.29 is 13.6 Å². The smallest absolute Gasteiger partial charge is 0.319 e. The zero-order valence-corrected chi connectivity index (χ0v) is 8.66. The molecule has 2 amide bonds. The highest BCUT2D eigenvalue weighted by Gasteiger charge is 2.12. The van der Waals surface area contributed by atoms with E-state index in [1.54, 1.807) is 6.92 Å². The van der Waals surface area contributed by atoms with E-state index in [9.17, 15) is 13.6 Å². The molecular weight excluding hydrogens is 226 g/mol. The number of urea groups is 1. The van der Waals surface area contributed by atoms with Crippen molar-refractivity contribution in [2.45, 2.75) is 6.92 Å². The van der Waals surface area contributed by atoms with Gasteiger partial charge in [-0.25, -0.2) is 13.6 Å². The standard InChI is InChI=1S/C9H9ClF2N2O/c1-2-13-9(15)14-8-6(10)3-5(11)4-7(8)12/h3-4H,2H2,1H3,(H2,13,14,15). The Labute approximate surface area is 90.4 Å². The molecule has 0 saturated carbocycles. The molecule has 0 atom stereocenters. The number of benzene rings is 1. The van der Waals surface area contributed by atoms with Crippen molar-refractivity contribution >= 4 is 23.3 Å². The highest BCUT2D eigenvalue weighted by Crippen LogP contribution is 2.26. The second-order valence-electron chi connectivity index (χ2n) is 2.73. The minimum absolute atomic E-state index is 0.182. The maximum Gasteiger partial charge on any atom is 0.319 e. The Morgan fingerprint density at radius 2 is 2.13 bits per heavy atom. The molecule has 0 unspecified atom stereocenters. The Hall–Kier alpha value is -1.36. The first-order valence-electron chi connectivity index (χ1n) is 4.24. The Balaban J connectivity index is 2.90. The van der Waals surface area contributed by atoms with Gasteiger partial charge in [0.05, 0.1) is 10.7 Å². The van der Waals surface area contributed by atoms with Gasteiger partial charge in [0, 0.05) is 12.6 Å². The molecular formula is C9H9ClF2N2O. The fourth-order valence-corrected chi connectivity index (χ4v) is 1.22. The van der Waals surface area contributed by atoms with E-state index in [0.717, 1.165) is 6.07 Å². The van der Waals surface area contributed by atoms with Gasteiger partial charge < -0.3 is 10.6 Å². The molecule has 6 heteroatoms. The second kappa shape index (κ2) is 4.93. The first kappa shape index (κ1) is 11.7. The lowest BCUT2D eigenvalue weighted by Crippen LogP contribution is -2.28. The number of rotatable bonds is 2. The number of nitrogens with one attached hydrogen (secondary N) is 2. The first-order chi connectivity index (χ1) is 7.04. The second-order valence-corrected chi connectivity index (χ2v) is 3.14. The van der Waals surface area contributed by atoms with E-state index in [0.29, 0.717) is 12.6 Å². The normalized spacial score (nSPS) is 9.87. The SMILES string of the molecule is CCNC(=O)Nc1c(F)cc(F)cc1Cl. The fourth-order valence-electron chi connectivity index (χ4n) is 0.980. The summed E-state index contributed by atoms with van der Waals surface area (Å²) in [6.45, 7) is 2.11. The van der Waals surface area contributed by atoms with Crippen LogP contribution in [0.3, 0.4) is 0 Å². The quantitative estimate of drug-likeness (QED) is 0.812. The summed E-state index contributed by atoms with van der Waals surface area (Å²) in [6, 6.07) is 0.976. The molecule has 0 spiro atoms. The summed E-state index contributed by atoms with van der Waals surface area (Å²) >= 11 is 5.56. The number of anilines is 1. The molecule has 0 fully saturated rings. The largest absolute Gasteiger partial charge is 0.338 e.